The molecule has 0 N–H and O–H groups in total. The number of carbonyl (C=O) groups excluding carboxylic acids is 2. The summed E-state index contributed by atoms with van der Waals surface area (Å²) in [5.74, 6) is -1.16. The molecule has 3 rings (SSSR count). The summed E-state index contributed by atoms with van der Waals surface area (Å²) in [5, 5.41) is 11.5. The molecule has 0 bridgehead atoms. The van der Waals surface area contributed by atoms with Gasteiger partial charge in [0.1, 0.15) is 0 Å². The molecule has 0 unspecified atom stereocenters. The van der Waals surface area contributed by atoms with E-state index in [4.69, 9.17) is 4.74 Å². The van der Waals surface area contributed by atoms with Crippen molar-refractivity contribution in [3.05, 3.63) is 79.8 Å². The Morgan fingerprint density at radius 1 is 1.19 bits per heavy atom. The predicted molar refractivity (Wildman–Crippen MR) is 121 cm³/mol. The maximum absolute atomic E-state index is 13.3. The predicted octanol–water partition coefficient (Wildman–Crippen LogP) is 5.42. The van der Waals surface area contributed by atoms with Gasteiger partial charge in [-0.05, 0) is 43.0 Å². The van der Waals surface area contributed by atoms with Gasteiger partial charge in [-0.1, -0.05) is 58.8 Å². The molecule has 0 saturated carbocycles. The van der Waals surface area contributed by atoms with Crippen molar-refractivity contribution >= 4 is 39.2 Å². The summed E-state index contributed by atoms with van der Waals surface area (Å²) in [4.78, 5) is 37.8. The fourth-order valence-electron chi connectivity index (χ4n) is 4.28. The van der Waals surface area contributed by atoms with Gasteiger partial charge in [0.05, 0.1) is 18.7 Å². The van der Waals surface area contributed by atoms with E-state index in [1.807, 2.05) is 38.1 Å². The second-order valence-corrected chi connectivity index (χ2v) is 8.29. The molecule has 162 valence electrons. The molecule has 7 nitrogen and oxygen atoms in total. The lowest BCUT2D eigenvalue weighted by Gasteiger charge is -2.26. The van der Waals surface area contributed by atoms with Crippen molar-refractivity contribution in [1.82, 2.24) is 0 Å². The third-order valence-electron chi connectivity index (χ3n) is 5.71. The van der Waals surface area contributed by atoms with Gasteiger partial charge < -0.3 is 4.74 Å². The summed E-state index contributed by atoms with van der Waals surface area (Å²) < 4.78 is 5.69. The van der Waals surface area contributed by atoms with Crippen LogP contribution in [0.25, 0.3) is 5.57 Å². The summed E-state index contributed by atoms with van der Waals surface area (Å²) >= 11 is 3.40. The molecule has 2 aromatic carbocycles. The number of anilines is 1. The van der Waals surface area contributed by atoms with E-state index in [9.17, 15) is 19.7 Å². The first-order chi connectivity index (χ1) is 14.8. The second kappa shape index (κ2) is 9.43. The van der Waals surface area contributed by atoms with Gasteiger partial charge >= 0.3 is 6.09 Å². The SMILES string of the molecule is CC[C@@H](/C(C)=C1\C(=O)N(C(=O)OC)c2ccccc21)[C@@H](C[N+](=O)[O-])c1ccc(Br)cc1. The number of imide groups is 1. The maximum Gasteiger partial charge on any atom is 0.421 e. The van der Waals surface area contributed by atoms with Crippen LogP contribution in [0.5, 0.6) is 0 Å². The molecule has 1 aliphatic rings. The standard InChI is InChI=1S/C23H23BrN2O5/c1-4-17(19(13-25(29)30)15-9-11-16(24)12-10-15)14(2)21-18-7-5-6-8-20(18)26(22(21)27)23(28)31-3/h5-12,17,19H,4,13H2,1-3H3/b21-14-/t17-,19-/m0/s1. The number of carbonyl (C=O) groups is 2. The van der Waals surface area contributed by atoms with E-state index in [-0.39, 0.29) is 17.4 Å². The Balaban J connectivity index is 2.15. The molecule has 0 fully saturated rings. The molecule has 2 amide bonds. The summed E-state index contributed by atoms with van der Waals surface area (Å²) in [6.07, 6.45) is -0.166. The topological polar surface area (TPSA) is 89.8 Å². The smallest absolute Gasteiger partial charge is 0.421 e. The molecule has 1 aliphatic heterocycles. The minimum absolute atomic E-state index is 0.263. The van der Waals surface area contributed by atoms with Crippen molar-refractivity contribution in [3.8, 4) is 0 Å². The lowest BCUT2D eigenvalue weighted by molar-refractivity contribution is -0.484. The molecule has 0 aliphatic carbocycles. The van der Waals surface area contributed by atoms with Gasteiger partial charge in [0.15, 0.2) is 0 Å². The second-order valence-electron chi connectivity index (χ2n) is 7.37. The van der Waals surface area contributed by atoms with Crippen LogP contribution >= 0.6 is 15.9 Å². The van der Waals surface area contributed by atoms with Gasteiger partial charge in [0.25, 0.3) is 5.91 Å². The molecule has 8 heteroatoms. The molecule has 0 aromatic heterocycles. The highest BCUT2D eigenvalue weighted by Crippen LogP contribution is 2.43. The Bertz CT molecular complexity index is 1050. The van der Waals surface area contributed by atoms with E-state index in [2.05, 4.69) is 15.9 Å². The monoisotopic (exact) mass is 486 g/mol. The number of methoxy groups -OCH3 is 1. The Morgan fingerprint density at radius 2 is 1.84 bits per heavy atom. The first-order valence-electron chi connectivity index (χ1n) is 9.89. The van der Waals surface area contributed by atoms with Gasteiger partial charge in [-0.3, -0.25) is 14.9 Å². The van der Waals surface area contributed by atoms with E-state index in [1.54, 1.807) is 24.3 Å². The molecular weight excluding hydrogens is 464 g/mol. The Labute approximate surface area is 189 Å². The van der Waals surface area contributed by atoms with Gasteiger partial charge in [0.2, 0.25) is 6.54 Å². The Kier molecular flexibility index (Phi) is 6.90. The van der Waals surface area contributed by atoms with Crippen LogP contribution in [-0.4, -0.2) is 30.6 Å². The number of hydrogen-bond donors (Lipinski definition) is 0. The highest BCUT2D eigenvalue weighted by atomic mass is 79.9. The van der Waals surface area contributed by atoms with Crippen LogP contribution in [0.15, 0.2) is 58.6 Å². The number of para-hydroxylation sites is 1. The normalized spacial score (nSPS) is 16.5. The molecular formula is C23H23BrN2O5. The van der Waals surface area contributed by atoms with Crippen LogP contribution in [0.4, 0.5) is 10.5 Å². The van der Waals surface area contributed by atoms with Crippen LogP contribution in [-0.2, 0) is 9.53 Å². The number of allylic oxidation sites excluding steroid dienone is 1. The van der Waals surface area contributed by atoms with Crippen LogP contribution in [0.3, 0.4) is 0 Å². The van der Waals surface area contributed by atoms with Crippen molar-refractivity contribution < 1.29 is 19.2 Å². The summed E-state index contributed by atoms with van der Waals surface area (Å²) in [6.45, 7) is 3.51. The van der Waals surface area contributed by atoms with E-state index in [0.29, 0.717) is 23.2 Å². The van der Waals surface area contributed by atoms with Crippen LogP contribution in [0.2, 0.25) is 0 Å². The van der Waals surface area contributed by atoms with Crippen molar-refractivity contribution in [3.63, 3.8) is 0 Å². The molecule has 0 saturated heterocycles. The van der Waals surface area contributed by atoms with Gasteiger partial charge in [-0.25, -0.2) is 9.69 Å². The number of fused-ring (bicyclic) bond motifs is 1. The van der Waals surface area contributed by atoms with Crippen molar-refractivity contribution in [2.45, 2.75) is 26.2 Å². The molecule has 1 heterocycles. The fraction of sp³-hybridized carbons (Fsp3) is 0.304. The van der Waals surface area contributed by atoms with E-state index in [0.717, 1.165) is 20.5 Å². The Morgan fingerprint density at radius 3 is 2.42 bits per heavy atom. The van der Waals surface area contributed by atoms with Gasteiger partial charge in [-0.15, -0.1) is 0 Å². The third-order valence-corrected chi connectivity index (χ3v) is 6.24. The zero-order valence-electron chi connectivity index (χ0n) is 17.5. The first kappa shape index (κ1) is 22.7. The molecule has 0 radical (unpaired) electrons. The van der Waals surface area contributed by atoms with Crippen LogP contribution in [0.1, 0.15) is 37.3 Å². The quantitative estimate of drug-likeness (QED) is 0.308. The number of ether oxygens (including phenoxy) is 1. The highest BCUT2D eigenvalue weighted by Gasteiger charge is 2.40. The maximum atomic E-state index is 13.3. The van der Waals surface area contributed by atoms with E-state index < -0.39 is 17.9 Å². The minimum atomic E-state index is -0.761. The lowest BCUT2D eigenvalue weighted by Crippen LogP contribution is -2.33. The molecule has 31 heavy (non-hydrogen) atoms. The average molecular weight is 487 g/mol. The summed E-state index contributed by atoms with van der Waals surface area (Å²) in [7, 11) is 1.22. The number of halogens is 1. The Hall–Kier alpha value is -3.00. The van der Waals surface area contributed by atoms with Gasteiger partial charge in [-0.2, -0.15) is 0 Å². The number of rotatable bonds is 6. The zero-order valence-corrected chi connectivity index (χ0v) is 19.1. The van der Waals surface area contributed by atoms with E-state index in [1.165, 1.54) is 7.11 Å². The fourth-order valence-corrected chi connectivity index (χ4v) is 4.55. The van der Waals surface area contributed by atoms with Crippen LogP contribution in [0, 0.1) is 16.0 Å². The molecule has 2 atom stereocenters. The summed E-state index contributed by atoms with van der Waals surface area (Å²) in [5.41, 5.74) is 3.04. The molecule has 2 aromatic rings. The van der Waals surface area contributed by atoms with Crippen molar-refractivity contribution in [2.75, 3.05) is 18.6 Å². The van der Waals surface area contributed by atoms with Crippen molar-refractivity contribution in [1.29, 1.82) is 0 Å². The van der Waals surface area contributed by atoms with Crippen LogP contribution < -0.4 is 4.90 Å². The third kappa shape index (κ3) is 4.39. The number of hydrogen-bond acceptors (Lipinski definition) is 5. The first-order valence-corrected chi connectivity index (χ1v) is 10.7. The van der Waals surface area contributed by atoms with Gasteiger partial charge in [0, 0.05) is 20.5 Å². The largest absolute Gasteiger partial charge is 0.452 e. The average Bonchev–Trinajstić information content (AvgIpc) is 3.05. The minimum Gasteiger partial charge on any atom is -0.452 e. The summed E-state index contributed by atoms with van der Waals surface area (Å²) in [6, 6.07) is 14.4. The number of amides is 2. The number of nitro groups is 1. The van der Waals surface area contributed by atoms with E-state index >= 15 is 0 Å². The lowest BCUT2D eigenvalue weighted by atomic mass is 9.77. The number of benzene rings is 2. The van der Waals surface area contributed by atoms with Crippen molar-refractivity contribution in [2.24, 2.45) is 5.92 Å². The zero-order chi connectivity index (χ0) is 22.7. The number of nitrogens with zero attached hydrogens (tertiary/aromatic N) is 2. The highest BCUT2D eigenvalue weighted by molar-refractivity contribution is 9.10. The molecule has 0 spiro atoms.